The average Bonchev–Trinajstić information content (AvgIpc) is 2.94. The highest BCUT2D eigenvalue weighted by Gasteiger charge is 2.53. The van der Waals surface area contributed by atoms with Crippen molar-refractivity contribution in [3.63, 3.8) is 0 Å². The lowest BCUT2D eigenvalue weighted by molar-refractivity contribution is -0.255. The third kappa shape index (κ3) is 15.5. The number of nitrogens with zero attached hydrogens (tertiary/aromatic N) is 2. The van der Waals surface area contributed by atoms with Crippen molar-refractivity contribution in [3.8, 4) is 0 Å². The summed E-state index contributed by atoms with van der Waals surface area (Å²) in [4.78, 5) is 39.3. The Labute approximate surface area is 321 Å². The number of esters is 2. The van der Waals surface area contributed by atoms with Crippen LogP contribution in [0.1, 0.15) is 138 Å². The van der Waals surface area contributed by atoms with Gasteiger partial charge in [0.2, 0.25) is 6.79 Å². The minimum absolute atomic E-state index is 0.147. The Bertz CT molecular complexity index is 1130. The molecule has 316 valence electrons. The maximum absolute atomic E-state index is 14.2. The summed E-state index contributed by atoms with van der Waals surface area (Å²) in [5.74, 6) is -2.98. The fraction of sp³-hybridized carbons (Fsp3) is 0.946. The average molecular weight is 803 g/mol. The summed E-state index contributed by atoms with van der Waals surface area (Å²) >= 11 is 0. The molecule has 14 nitrogen and oxygen atoms in total. The third-order valence-electron chi connectivity index (χ3n) is 7.77. The Balaban J connectivity index is 5.96. The molecule has 0 bridgehead atoms. The van der Waals surface area contributed by atoms with Gasteiger partial charge in [-0.3, -0.25) is 28.4 Å². The summed E-state index contributed by atoms with van der Waals surface area (Å²) in [5.41, 5.74) is -5.00. The van der Waals surface area contributed by atoms with Gasteiger partial charge in [0, 0.05) is 11.1 Å². The molecular formula is C37H76N2O12P2. The lowest BCUT2D eigenvalue weighted by Crippen LogP contribution is -2.54. The molecule has 0 amide bonds. The van der Waals surface area contributed by atoms with Crippen LogP contribution in [0, 0.1) is 21.7 Å². The van der Waals surface area contributed by atoms with Gasteiger partial charge in [-0.15, -0.1) is 0 Å². The zero-order valence-corrected chi connectivity index (χ0v) is 38.6. The van der Waals surface area contributed by atoms with Crippen molar-refractivity contribution in [1.29, 1.82) is 0 Å². The third-order valence-corrected chi connectivity index (χ3v) is 13.4. The molecule has 0 spiro atoms. The van der Waals surface area contributed by atoms with Crippen LogP contribution in [-0.4, -0.2) is 91.1 Å². The summed E-state index contributed by atoms with van der Waals surface area (Å²) in [6.07, 6.45) is 0. The SMILES string of the molecule is CCOP(=O)(OCC)C(N(OCC(C)(C)C(=O)OCOC(=O)C(C)(C)CON(C(C(C)(C)C)P(=O)(OCC)OCC)C(C)(C)C)C(C)(C)C)C(C)(C)C. The van der Waals surface area contributed by atoms with Crippen LogP contribution in [0.15, 0.2) is 0 Å². The molecule has 2 unspecified atom stereocenters. The normalized spacial score (nSPS) is 15.5. The van der Waals surface area contributed by atoms with Gasteiger partial charge in [0.1, 0.15) is 11.6 Å². The Hall–Kier alpha value is -0.920. The van der Waals surface area contributed by atoms with E-state index in [-0.39, 0.29) is 39.6 Å². The maximum Gasteiger partial charge on any atom is 0.350 e. The fourth-order valence-corrected chi connectivity index (χ4v) is 10.7. The monoisotopic (exact) mass is 802 g/mol. The standard InChI is InChI=1S/C37H76N2O12P2/c1-21-48-52(42,49-22-2)28(32(5,6)7)38(34(11,12)13)46-25-36(17,18)30(40)44-27-45-31(41)37(19,20)26-47-39(35(14,15)16)29(33(8,9)10)53(43,50-23-3)51-24-4/h28-29H,21-27H2,1-20H3. The molecule has 0 N–H and O–H groups in total. The van der Waals surface area contributed by atoms with Gasteiger partial charge >= 0.3 is 27.1 Å². The van der Waals surface area contributed by atoms with Crippen molar-refractivity contribution in [1.82, 2.24) is 10.1 Å². The first-order valence-electron chi connectivity index (χ1n) is 18.7. The van der Waals surface area contributed by atoms with E-state index in [9.17, 15) is 18.7 Å². The van der Waals surface area contributed by atoms with Crippen molar-refractivity contribution in [3.05, 3.63) is 0 Å². The molecular weight excluding hydrogens is 726 g/mol. The lowest BCUT2D eigenvalue weighted by atomic mass is 9.93. The van der Waals surface area contributed by atoms with Crippen LogP contribution < -0.4 is 0 Å². The second-order valence-corrected chi connectivity index (χ2v) is 22.7. The molecule has 16 heteroatoms. The van der Waals surface area contributed by atoms with Crippen LogP contribution in [0.5, 0.6) is 0 Å². The van der Waals surface area contributed by atoms with E-state index in [1.54, 1.807) is 65.5 Å². The van der Waals surface area contributed by atoms with E-state index >= 15 is 0 Å². The molecule has 0 saturated heterocycles. The van der Waals surface area contributed by atoms with Gasteiger partial charge in [0.05, 0.1) is 50.5 Å². The predicted molar refractivity (Wildman–Crippen MR) is 208 cm³/mol. The second kappa shape index (κ2) is 20.0. The smallest absolute Gasteiger partial charge is 0.350 e. The molecule has 0 aromatic heterocycles. The lowest BCUT2D eigenvalue weighted by Gasteiger charge is -2.48. The highest BCUT2D eigenvalue weighted by Crippen LogP contribution is 2.62. The van der Waals surface area contributed by atoms with Crippen molar-refractivity contribution in [2.24, 2.45) is 21.7 Å². The van der Waals surface area contributed by atoms with Gasteiger partial charge < -0.3 is 27.6 Å². The minimum atomic E-state index is -3.72. The van der Waals surface area contributed by atoms with Crippen LogP contribution in [0.2, 0.25) is 0 Å². The quantitative estimate of drug-likeness (QED) is 0.0443. The van der Waals surface area contributed by atoms with Gasteiger partial charge in [0.25, 0.3) is 0 Å². The van der Waals surface area contributed by atoms with Gasteiger partial charge in [0.15, 0.2) is 0 Å². The van der Waals surface area contributed by atoms with Gasteiger partial charge in [-0.1, -0.05) is 41.5 Å². The predicted octanol–water partition coefficient (Wildman–Crippen LogP) is 9.42. The van der Waals surface area contributed by atoms with Crippen LogP contribution in [-0.2, 0) is 56.0 Å². The van der Waals surface area contributed by atoms with E-state index in [1.807, 2.05) is 83.1 Å². The highest BCUT2D eigenvalue weighted by atomic mass is 31.2. The topological polar surface area (TPSA) is 149 Å². The van der Waals surface area contributed by atoms with Crippen molar-refractivity contribution >= 4 is 27.1 Å². The largest absolute Gasteiger partial charge is 0.427 e. The van der Waals surface area contributed by atoms with E-state index in [2.05, 4.69) is 0 Å². The number of ether oxygens (including phenoxy) is 2. The van der Waals surface area contributed by atoms with E-state index < -0.39 is 78.2 Å². The molecule has 0 aliphatic carbocycles. The van der Waals surface area contributed by atoms with Crippen LogP contribution in [0.25, 0.3) is 0 Å². The van der Waals surface area contributed by atoms with E-state index in [4.69, 9.17) is 37.2 Å². The zero-order chi connectivity index (χ0) is 42.1. The Morgan fingerprint density at radius 1 is 0.491 bits per heavy atom. The number of hydroxylamine groups is 4. The van der Waals surface area contributed by atoms with E-state index in [0.29, 0.717) is 0 Å². The second-order valence-electron chi connectivity index (χ2n) is 18.5. The van der Waals surface area contributed by atoms with Gasteiger partial charge in [-0.05, 0) is 108 Å². The van der Waals surface area contributed by atoms with E-state index in [0.717, 1.165) is 0 Å². The van der Waals surface area contributed by atoms with Crippen LogP contribution in [0.3, 0.4) is 0 Å². The van der Waals surface area contributed by atoms with Crippen molar-refractivity contribution in [2.45, 2.75) is 161 Å². The molecule has 53 heavy (non-hydrogen) atoms. The first kappa shape index (κ1) is 52.1. The molecule has 0 aromatic rings. The minimum Gasteiger partial charge on any atom is -0.427 e. The Kier molecular flexibility index (Phi) is 19.6. The van der Waals surface area contributed by atoms with E-state index in [1.165, 1.54) is 0 Å². The van der Waals surface area contributed by atoms with Crippen molar-refractivity contribution < 1.29 is 56.0 Å². The van der Waals surface area contributed by atoms with Gasteiger partial charge in [-0.2, -0.15) is 10.1 Å². The summed E-state index contributed by atoms with van der Waals surface area (Å²) in [7, 11) is -7.43. The maximum atomic E-state index is 14.2. The Morgan fingerprint density at radius 3 is 0.925 bits per heavy atom. The molecule has 2 atom stereocenters. The summed E-state index contributed by atoms with van der Waals surface area (Å²) in [6.45, 7) is 36.4. The fourth-order valence-electron chi connectivity index (χ4n) is 5.35. The van der Waals surface area contributed by atoms with Crippen LogP contribution >= 0.6 is 15.2 Å². The molecule has 0 radical (unpaired) electrons. The molecule has 0 aromatic carbocycles. The molecule has 0 fully saturated rings. The number of hydrogen-bond acceptors (Lipinski definition) is 14. The number of rotatable bonds is 22. The molecule has 0 heterocycles. The van der Waals surface area contributed by atoms with Crippen LogP contribution in [0.4, 0.5) is 0 Å². The molecule has 0 aliphatic rings. The van der Waals surface area contributed by atoms with Gasteiger partial charge in [-0.25, -0.2) is 0 Å². The number of hydrogen-bond donors (Lipinski definition) is 0. The molecule has 0 aliphatic heterocycles. The summed E-state index contributed by atoms with van der Waals surface area (Å²) in [5, 5.41) is 3.20. The zero-order valence-electron chi connectivity index (χ0n) is 36.8. The molecule has 0 rings (SSSR count). The van der Waals surface area contributed by atoms with Crippen molar-refractivity contribution in [2.75, 3.05) is 46.4 Å². The molecule has 0 saturated carbocycles. The first-order valence-corrected chi connectivity index (χ1v) is 21.9. The highest BCUT2D eigenvalue weighted by molar-refractivity contribution is 7.55. The summed E-state index contributed by atoms with van der Waals surface area (Å²) < 4.78 is 62.2. The number of carbonyl (C=O) groups is 2. The summed E-state index contributed by atoms with van der Waals surface area (Å²) in [6, 6.07) is 0. The first-order chi connectivity index (χ1) is 23.7. The number of carbonyl (C=O) groups excluding carboxylic acids is 2. The Morgan fingerprint density at radius 2 is 0.736 bits per heavy atom.